The molecule has 0 unspecified atom stereocenters. The first kappa shape index (κ1) is 16.7. The van der Waals surface area contributed by atoms with Gasteiger partial charge >= 0.3 is 0 Å². The summed E-state index contributed by atoms with van der Waals surface area (Å²) in [5.74, 6) is -1.48. The fraction of sp³-hybridized carbons (Fsp3) is 0.316. The van der Waals surface area contributed by atoms with Crippen molar-refractivity contribution in [3.05, 3.63) is 65.9 Å². The van der Waals surface area contributed by atoms with E-state index in [1.165, 1.54) is 6.07 Å². The van der Waals surface area contributed by atoms with Crippen molar-refractivity contribution in [1.82, 2.24) is 4.98 Å². The van der Waals surface area contributed by atoms with Crippen LogP contribution in [-0.2, 0) is 9.47 Å². The Morgan fingerprint density at radius 2 is 1.92 bits per heavy atom. The van der Waals surface area contributed by atoms with Gasteiger partial charge in [0.15, 0.2) is 17.9 Å². The highest BCUT2D eigenvalue weighted by Gasteiger charge is 2.22. The Labute approximate surface area is 139 Å². The summed E-state index contributed by atoms with van der Waals surface area (Å²) in [4.78, 5) is 4.30. The second kappa shape index (κ2) is 7.64. The fourth-order valence-electron chi connectivity index (χ4n) is 2.52. The number of halogens is 2. The fourth-order valence-corrected chi connectivity index (χ4v) is 2.52. The van der Waals surface area contributed by atoms with Gasteiger partial charge in [-0.25, -0.2) is 8.78 Å². The van der Waals surface area contributed by atoms with Gasteiger partial charge in [0.25, 0.3) is 0 Å². The normalized spacial score (nSPS) is 21.3. The molecule has 5 heteroatoms. The van der Waals surface area contributed by atoms with E-state index in [4.69, 9.17) is 9.47 Å². The lowest BCUT2D eigenvalue weighted by Crippen LogP contribution is -2.25. The summed E-state index contributed by atoms with van der Waals surface area (Å²) >= 11 is 0. The summed E-state index contributed by atoms with van der Waals surface area (Å²) in [6, 6.07) is 7.31. The molecule has 0 radical (unpaired) electrons. The van der Waals surface area contributed by atoms with Gasteiger partial charge in [0.1, 0.15) is 0 Å². The molecule has 0 N–H and O–H groups in total. The summed E-state index contributed by atoms with van der Waals surface area (Å²) < 4.78 is 37.8. The lowest BCUT2D eigenvalue weighted by atomic mass is 10.1. The van der Waals surface area contributed by atoms with Crippen LogP contribution < -0.4 is 0 Å². The number of pyridine rings is 1. The van der Waals surface area contributed by atoms with Crippen LogP contribution in [0.4, 0.5) is 8.78 Å². The van der Waals surface area contributed by atoms with Crippen LogP contribution >= 0.6 is 0 Å². The quantitative estimate of drug-likeness (QED) is 0.764. The highest BCUT2D eigenvalue weighted by atomic mass is 19.2. The minimum atomic E-state index is -0.886. The molecule has 0 aliphatic carbocycles. The molecule has 0 atom stereocenters. The Balaban J connectivity index is 1.67. The smallest absolute Gasteiger partial charge is 0.185 e. The van der Waals surface area contributed by atoms with Gasteiger partial charge in [-0.2, -0.15) is 0 Å². The first-order valence-corrected chi connectivity index (χ1v) is 7.98. The molecule has 0 saturated carbocycles. The Morgan fingerprint density at radius 1 is 1.12 bits per heavy atom. The zero-order chi connectivity index (χ0) is 16.9. The highest BCUT2D eigenvalue weighted by Crippen LogP contribution is 2.27. The van der Waals surface area contributed by atoms with E-state index in [1.807, 2.05) is 6.07 Å². The summed E-state index contributed by atoms with van der Waals surface area (Å²) in [6.07, 6.45) is 6.41. The average Bonchev–Trinajstić information content (AvgIpc) is 2.63. The van der Waals surface area contributed by atoms with Crippen molar-refractivity contribution in [3.63, 3.8) is 0 Å². The lowest BCUT2D eigenvalue weighted by Gasteiger charge is -2.28. The van der Waals surface area contributed by atoms with E-state index >= 15 is 0 Å². The second-order valence-electron chi connectivity index (χ2n) is 5.70. The van der Waals surface area contributed by atoms with Crippen molar-refractivity contribution >= 4 is 0 Å². The first-order chi connectivity index (χ1) is 11.7. The van der Waals surface area contributed by atoms with E-state index in [2.05, 4.69) is 24.1 Å². The summed E-state index contributed by atoms with van der Waals surface area (Å²) in [5, 5.41) is 0. The van der Waals surface area contributed by atoms with Crippen molar-refractivity contribution in [3.8, 4) is 11.3 Å². The first-order valence-electron chi connectivity index (χ1n) is 7.98. The minimum absolute atomic E-state index is 0.274. The molecular weight excluding hydrogens is 312 g/mol. The molecule has 1 saturated heterocycles. The second-order valence-corrected chi connectivity index (χ2v) is 5.70. The molecule has 2 aromatic rings. The van der Waals surface area contributed by atoms with Gasteiger partial charge in [-0.15, -0.1) is 0 Å². The molecule has 126 valence electrons. The van der Waals surface area contributed by atoms with Crippen LogP contribution in [0.3, 0.4) is 0 Å². The van der Waals surface area contributed by atoms with Gasteiger partial charge in [0, 0.05) is 23.2 Å². The predicted octanol–water partition coefficient (Wildman–Crippen LogP) is 4.65. The largest absolute Gasteiger partial charge is 0.348 e. The van der Waals surface area contributed by atoms with Crippen molar-refractivity contribution in [1.29, 1.82) is 0 Å². The third kappa shape index (κ3) is 3.86. The number of aromatic nitrogens is 1. The zero-order valence-corrected chi connectivity index (χ0v) is 13.4. The number of ether oxygens (including phenoxy) is 2. The molecular formula is C19H19F2NO2. The molecule has 0 spiro atoms. The molecule has 24 heavy (non-hydrogen) atoms. The van der Waals surface area contributed by atoms with Gasteiger partial charge in [-0.3, -0.25) is 4.98 Å². The van der Waals surface area contributed by atoms with Crippen LogP contribution in [0.15, 0.2) is 48.7 Å². The average molecular weight is 331 g/mol. The molecule has 1 aromatic carbocycles. The maximum atomic E-state index is 13.3. The number of rotatable bonds is 4. The van der Waals surface area contributed by atoms with Gasteiger partial charge in [0.2, 0.25) is 0 Å². The van der Waals surface area contributed by atoms with Crippen LogP contribution in [0.1, 0.15) is 25.2 Å². The van der Waals surface area contributed by atoms with Crippen molar-refractivity contribution in [2.75, 3.05) is 13.2 Å². The molecule has 0 amide bonds. The van der Waals surface area contributed by atoms with E-state index in [0.717, 1.165) is 24.1 Å². The Bertz CT molecular complexity index is 708. The maximum absolute atomic E-state index is 13.3. The van der Waals surface area contributed by atoms with Gasteiger partial charge in [0.05, 0.1) is 18.9 Å². The summed E-state index contributed by atoms with van der Waals surface area (Å²) in [7, 11) is 0. The zero-order valence-electron chi connectivity index (χ0n) is 13.4. The maximum Gasteiger partial charge on any atom is 0.185 e. The van der Waals surface area contributed by atoms with Crippen LogP contribution in [0.25, 0.3) is 11.3 Å². The number of benzene rings is 1. The van der Waals surface area contributed by atoms with Gasteiger partial charge in [-0.1, -0.05) is 25.1 Å². The van der Waals surface area contributed by atoms with E-state index in [1.54, 1.807) is 12.3 Å². The number of hydrogen-bond donors (Lipinski definition) is 0. The number of allylic oxidation sites excluding steroid dienone is 1. The molecule has 1 aromatic heterocycles. The molecule has 3 rings (SSSR count). The molecule has 2 heterocycles. The van der Waals surface area contributed by atoms with Crippen LogP contribution in [-0.4, -0.2) is 18.2 Å². The van der Waals surface area contributed by atoms with Crippen LogP contribution in [0.2, 0.25) is 0 Å². The van der Waals surface area contributed by atoms with Gasteiger partial charge in [-0.05, 0) is 30.7 Å². The standard InChI is InChI=1S/C19H19F2NO2/c1-2-3-4-13-11-23-19(24-12-13)15-6-8-18(22-10-15)14-5-7-16(20)17(21)9-14/h3-10,13,19H,2,11-12H2,1H3/t13-,19-. The van der Waals surface area contributed by atoms with Crippen LogP contribution in [0, 0.1) is 17.6 Å². The van der Waals surface area contributed by atoms with Crippen LogP contribution in [0.5, 0.6) is 0 Å². The molecule has 1 fully saturated rings. The minimum Gasteiger partial charge on any atom is -0.348 e. The van der Waals surface area contributed by atoms with Gasteiger partial charge < -0.3 is 9.47 Å². The SMILES string of the molecule is CCC=C[C@H]1CO[C@H](c2ccc(-c3ccc(F)c(F)c3)nc2)OC1. The van der Waals surface area contributed by atoms with Crippen molar-refractivity contribution in [2.24, 2.45) is 5.92 Å². The monoisotopic (exact) mass is 331 g/mol. The van der Waals surface area contributed by atoms with Crippen molar-refractivity contribution < 1.29 is 18.3 Å². The Kier molecular flexibility index (Phi) is 5.33. The third-order valence-corrected chi connectivity index (χ3v) is 3.84. The van der Waals surface area contributed by atoms with E-state index in [0.29, 0.717) is 24.5 Å². The van der Waals surface area contributed by atoms with E-state index in [9.17, 15) is 8.78 Å². The van der Waals surface area contributed by atoms with E-state index < -0.39 is 17.9 Å². The predicted molar refractivity (Wildman–Crippen MR) is 87.2 cm³/mol. The number of nitrogens with zero attached hydrogens (tertiary/aromatic N) is 1. The molecule has 0 bridgehead atoms. The number of hydrogen-bond acceptors (Lipinski definition) is 3. The van der Waals surface area contributed by atoms with Crippen molar-refractivity contribution in [2.45, 2.75) is 19.6 Å². The molecule has 1 aliphatic rings. The summed E-state index contributed by atoms with van der Waals surface area (Å²) in [5.41, 5.74) is 1.90. The van der Waals surface area contributed by atoms with E-state index in [-0.39, 0.29) is 5.92 Å². The third-order valence-electron chi connectivity index (χ3n) is 3.84. The molecule has 1 aliphatic heterocycles. The topological polar surface area (TPSA) is 31.4 Å². The lowest BCUT2D eigenvalue weighted by molar-refractivity contribution is -0.197. The molecule has 3 nitrogen and oxygen atoms in total. The Morgan fingerprint density at radius 3 is 2.54 bits per heavy atom. The highest BCUT2D eigenvalue weighted by molar-refractivity contribution is 5.59. The summed E-state index contributed by atoms with van der Waals surface area (Å²) in [6.45, 7) is 3.29. The Hall–Kier alpha value is -2.11.